The number of nitrogens with two attached hydrogens (primary N) is 1. The average Bonchev–Trinajstić information content (AvgIpc) is 3.11. The quantitative estimate of drug-likeness (QED) is 0.323. The predicted octanol–water partition coefficient (Wildman–Crippen LogP) is 5.36. The van der Waals surface area contributed by atoms with Crippen LogP contribution >= 0.6 is 0 Å². The Kier molecular flexibility index (Phi) is 7.54. The van der Waals surface area contributed by atoms with E-state index < -0.39 is 0 Å². The van der Waals surface area contributed by atoms with Crippen LogP contribution in [0.3, 0.4) is 0 Å². The van der Waals surface area contributed by atoms with Crippen LogP contribution in [0, 0.1) is 5.92 Å². The summed E-state index contributed by atoms with van der Waals surface area (Å²) in [6, 6.07) is 15.7. The molecule has 4 aromatic rings. The summed E-state index contributed by atoms with van der Waals surface area (Å²) in [5, 5.41) is 3.14. The van der Waals surface area contributed by atoms with Crippen molar-refractivity contribution in [1.29, 1.82) is 0 Å². The molecule has 2 heterocycles. The van der Waals surface area contributed by atoms with Crippen LogP contribution in [-0.2, 0) is 13.0 Å². The average molecular weight is 474 g/mol. The van der Waals surface area contributed by atoms with Crippen molar-refractivity contribution in [1.82, 2.24) is 19.9 Å². The standard InChI is InChI=1S/C28H35N5O2/c1-18(2)8-7-9-19(3)30-28(34)24-25-27(32-23-11-6-5-10-22(23)31-25)33(26(24)29)17-16-20-12-14-21(35-4)15-13-20/h5-6,10-15,18-19H,7-9,16-17,29H2,1-4H3,(H,30,34)/t19-/m1/s1. The van der Waals surface area contributed by atoms with Gasteiger partial charge in [-0.25, -0.2) is 9.97 Å². The van der Waals surface area contributed by atoms with Crippen LogP contribution in [0.5, 0.6) is 5.75 Å². The molecule has 4 rings (SSSR count). The molecule has 3 N–H and O–H groups in total. The number of hydrogen-bond donors (Lipinski definition) is 2. The summed E-state index contributed by atoms with van der Waals surface area (Å²) in [6.07, 6.45) is 3.88. The highest BCUT2D eigenvalue weighted by Gasteiger charge is 2.24. The first kappa shape index (κ1) is 24.5. The molecule has 0 spiro atoms. The summed E-state index contributed by atoms with van der Waals surface area (Å²) in [6.45, 7) is 7.05. The van der Waals surface area contributed by atoms with Crippen LogP contribution in [0.2, 0.25) is 0 Å². The molecule has 1 atom stereocenters. The van der Waals surface area contributed by atoms with E-state index in [4.69, 9.17) is 20.4 Å². The summed E-state index contributed by atoms with van der Waals surface area (Å²) >= 11 is 0. The minimum absolute atomic E-state index is 0.0479. The fourth-order valence-corrected chi connectivity index (χ4v) is 4.40. The molecule has 0 aliphatic heterocycles. The normalized spacial score (nSPS) is 12.4. The van der Waals surface area contributed by atoms with Crippen molar-refractivity contribution >= 4 is 33.9 Å². The van der Waals surface area contributed by atoms with Gasteiger partial charge in [0.15, 0.2) is 5.65 Å². The van der Waals surface area contributed by atoms with E-state index in [9.17, 15) is 4.79 Å². The number of aromatic nitrogens is 3. The van der Waals surface area contributed by atoms with Crippen molar-refractivity contribution in [2.24, 2.45) is 5.92 Å². The molecule has 0 aliphatic rings. The Morgan fingerprint density at radius 2 is 1.71 bits per heavy atom. The van der Waals surface area contributed by atoms with Crippen LogP contribution in [-0.4, -0.2) is 33.6 Å². The number of nitrogens with zero attached hydrogens (tertiary/aromatic N) is 3. The van der Waals surface area contributed by atoms with Gasteiger partial charge in [0.05, 0.1) is 18.1 Å². The Balaban J connectivity index is 1.66. The van der Waals surface area contributed by atoms with Crippen molar-refractivity contribution in [3.05, 3.63) is 59.7 Å². The molecular weight excluding hydrogens is 438 g/mol. The Labute approximate surface area is 206 Å². The Morgan fingerprint density at radius 1 is 1.03 bits per heavy atom. The topological polar surface area (TPSA) is 95.1 Å². The number of nitrogens with one attached hydrogen (secondary N) is 1. The van der Waals surface area contributed by atoms with Crippen molar-refractivity contribution in [2.45, 2.75) is 59.0 Å². The lowest BCUT2D eigenvalue weighted by atomic mass is 10.0. The molecule has 0 bridgehead atoms. The molecule has 0 radical (unpaired) electrons. The van der Waals surface area contributed by atoms with E-state index in [0.29, 0.717) is 35.0 Å². The number of anilines is 1. The van der Waals surface area contributed by atoms with E-state index in [0.717, 1.165) is 48.0 Å². The number of aryl methyl sites for hydroxylation is 2. The van der Waals surface area contributed by atoms with Gasteiger partial charge in [-0.15, -0.1) is 0 Å². The summed E-state index contributed by atoms with van der Waals surface area (Å²) < 4.78 is 7.17. The molecule has 0 aliphatic carbocycles. The highest BCUT2D eigenvalue weighted by atomic mass is 16.5. The number of carbonyl (C=O) groups excluding carboxylic acids is 1. The zero-order valence-electron chi connectivity index (χ0n) is 21.0. The van der Waals surface area contributed by atoms with Gasteiger partial charge in [-0.05, 0) is 55.5 Å². The van der Waals surface area contributed by atoms with Gasteiger partial charge in [0.1, 0.15) is 22.6 Å². The van der Waals surface area contributed by atoms with Gasteiger partial charge in [-0.3, -0.25) is 4.79 Å². The number of amides is 1. The van der Waals surface area contributed by atoms with Crippen LogP contribution in [0.25, 0.3) is 22.2 Å². The maximum Gasteiger partial charge on any atom is 0.257 e. The van der Waals surface area contributed by atoms with E-state index in [1.54, 1.807) is 7.11 Å². The van der Waals surface area contributed by atoms with Gasteiger partial charge < -0.3 is 20.4 Å². The second kappa shape index (κ2) is 10.8. The molecule has 0 saturated heterocycles. The number of nitrogen functional groups attached to an aromatic ring is 1. The first-order valence-electron chi connectivity index (χ1n) is 12.4. The number of methoxy groups -OCH3 is 1. The third-order valence-electron chi connectivity index (χ3n) is 6.40. The number of fused-ring (bicyclic) bond motifs is 2. The summed E-state index contributed by atoms with van der Waals surface area (Å²) in [5.74, 6) is 1.67. The number of para-hydroxylation sites is 2. The first-order valence-corrected chi connectivity index (χ1v) is 12.4. The van der Waals surface area contributed by atoms with Crippen molar-refractivity contribution in [3.8, 4) is 5.75 Å². The minimum Gasteiger partial charge on any atom is -0.497 e. The third kappa shape index (κ3) is 5.56. The molecule has 2 aromatic heterocycles. The Bertz CT molecular complexity index is 1310. The smallest absolute Gasteiger partial charge is 0.257 e. The fourth-order valence-electron chi connectivity index (χ4n) is 4.40. The molecule has 35 heavy (non-hydrogen) atoms. The van der Waals surface area contributed by atoms with Gasteiger partial charge in [-0.1, -0.05) is 51.0 Å². The highest BCUT2D eigenvalue weighted by Crippen LogP contribution is 2.28. The van der Waals surface area contributed by atoms with Gasteiger partial charge in [-0.2, -0.15) is 0 Å². The fraction of sp³-hybridized carbons (Fsp3) is 0.393. The minimum atomic E-state index is -0.197. The molecule has 7 heteroatoms. The van der Waals surface area contributed by atoms with Gasteiger partial charge in [0.2, 0.25) is 0 Å². The van der Waals surface area contributed by atoms with Crippen LogP contribution < -0.4 is 15.8 Å². The molecule has 184 valence electrons. The molecule has 0 saturated carbocycles. The molecule has 0 unspecified atom stereocenters. The van der Waals surface area contributed by atoms with Crippen molar-refractivity contribution in [2.75, 3.05) is 12.8 Å². The number of hydrogen-bond acceptors (Lipinski definition) is 5. The van der Waals surface area contributed by atoms with Crippen molar-refractivity contribution in [3.63, 3.8) is 0 Å². The SMILES string of the molecule is COc1ccc(CCn2c(N)c(C(=O)N[C@H](C)CCCC(C)C)c3nc4ccccc4nc32)cc1. The second-order valence-corrected chi connectivity index (χ2v) is 9.59. The largest absolute Gasteiger partial charge is 0.497 e. The zero-order valence-corrected chi connectivity index (χ0v) is 21.0. The zero-order chi connectivity index (χ0) is 24.9. The summed E-state index contributed by atoms with van der Waals surface area (Å²) in [7, 11) is 1.66. The molecule has 0 fully saturated rings. The number of carbonyl (C=O) groups is 1. The maximum atomic E-state index is 13.4. The van der Waals surface area contributed by atoms with E-state index in [1.807, 2.05) is 60.0 Å². The monoisotopic (exact) mass is 473 g/mol. The van der Waals surface area contributed by atoms with Gasteiger partial charge in [0, 0.05) is 12.6 Å². The maximum absolute atomic E-state index is 13.4. The van der Waals surface area contributed by atoms with E-state index in [2.05, 4.69) is 19.2 Å². The molecule has 7 nitrogen and oxygen atoms in total. The van der Waals surface area contributed by atoms with Crippen LogP contribution in [0.4, 0.5) is 5.82 Å². The van der Waals surface area contributed by atoms with Gasteiger partial charge >= 0.3 is 0 Å². The van der Waals surface area contributed by atoms with E-state index in [1.165, 1.54) is 0 Å². The first-order chi connectivity index (χ1) is 16.9. The second-order valence-electron chi connectivity index (χ2n) is 9.59. The Hall–Kier alpha value is -3.61. The van der Waals surface area contributed by atoms with E-state index in [-0.39, 0.29) is 11.9 Å². The van der Waals surface area contributed by atoms with Crippen LogP contribution in [0.1, 0.15) is 56.0 Å². The number of benzene rings is 2. The van der Waals surface area contributed by atoms with Crippen molar-refractivity contribution < 1.29 is 9.53 Å². The number of rotatable bonds is 10. The highest BCUT2D eigenvalue weighted by molar-refractivity contribution is 6.10. The summed E-state index contributed by atoms with van der Waals surface area (Å²) in [4.78, 5) is 23.1. The molecular formula is C28H35N5O2. The molecule has 1 amide bonds. The summed E-state index contributed by atoms with van der Waals surface area (Å²) in [5.41, 5.74) is 10.9. The van der Waals surface area contributed by atoms with E-state index >= 15 is 0 Å². The predicted molar refractivity (Wildman–Crippen MR) is 142 cm³/mol. The lowest BCUT2D eigenvalue weighted by Crippen LogP contribution is -2.33. The third-order valence-corrected chi connectivity index (χ3v) is 6.40. The Morgan fingerprint density at radius 3 is 2.37 bits per heavy atom. The lowest BCUT2D eigenvalue weighted by molar-refractivity contribution is 0.0940. The number of ether oxygens (including phenoxy) is 1. The molecule has 2 aromatic carbocycles. The van der Waals surface area contributed by atoms with Crippen LogP contribution in [0.15, 0.2) is 48.5 Å². The lowest BCUT2D eigenvalue weighted by Gasteiger charge is -2.14. The van der Waals surface area contributed by atoms with Gasteiger partial charge in [0.25, 0.3) is 5.91 Å².